The van der Waals surface area contributed by atoms with Gasteiger partial charge in [-0.1, -0.05) is 70.4 Å². The molecule has 0 aromatic carbocycles. The molecular weight excluding hydrogens is 341 g/mol. The summed E-state index contributed by atoms with van der Waals surface area (Å²) < 4.78 is 14.4. The molecule has 0 aromatic rings. The number of hydrogen-bond acceptors (Lipinski definition) is 4. The highest BCUT2D eigenvalue weighted by atomic mass is 31.2. The number of carbonyl (C=O) groups is 1. The number of phosphoric acid groups is 1. The maximum absolute atomic E-state index is 11.1. The molecule has 0 aromatic heterocycles. The maximum Gasteiger partial charge on any atom is 0.526 e. The molecule has 0 rings (SSSR count). The molecule has 5 N–H and O–H groups in total. The van der Waals surface area contributed by atoms with Gasteiger partial charge in [-0.15, -0.1) is 0 Å². The molecule has 0 spiro atoms. The Kier molecular flexibility index (Phi) is 19.2. The van der Waals surface area contributed by atoms with Crippen molar-refractivity contribution in [2.75, 3.05) is 0 Å². The van der Waals surface area contributed by atoms with Crippen LogP contribution in [0.5, 0.6) is 0 Å². The molecule has 0 unspecified atom stereocenters. The van der Waals surface area contributed by atoms with E-state index in [-0.39, 0.29) is 12.6 Å². The average molecular weight is 379 g/mol. The molecule has 0 amide bonds. The molecule has 0 fully saturated rings. The number of carbonyl (C=O) groups excluding carboxylic acids is 1. The van der Waals surface area contributed by atoms with Crippen molar-refractivity contribution >= 4 is 13.8 Å². The van der Waals surface area contributed by atoms with Crippen LogP contribution in [-0.4, -0.2) is 15.8 Å². The Hall–Kier alpha value is -0.680. The van der Waals surface area contributed by atoms with Gasteiger partial charge in [0, 0.05) is 6.42 Å². The topological polar surface area (TPSA) is 119 Å². The van der Waals surface area contributed by atoms with E-state index in [1.54, 1.807) is 0 Å². The molecule has 0 heterocycles. The van der Waals surface area contributed by atoms with Crippen molar-refractivity contribution in [3.8, 4) is 0 Å². The van der Waals surface area contributed by atoms with E-state index in [1.807, 2.05) is 0 Å². The highest BCUT2D eigenvalue weighted by Crippen LogP contribution is 2.36. The molecule has 0 radical (unpaired) electrons. The minimum absolute atomic E-state index is 0. The Morgan fingerprint density at radius 2 is 1.28 bits per heavy atom. The molecular formula is C18H38NO5P. The average Bonchev–Trinajstić information content (AvgIpc) is 2.49. The first-order chi connectivity index (χ1) is 11.5. The molecule has 0 saturated carbocycles. The van der Waals surface area contributed by atoms with E-state index in [2.05, 4.69) is 23.6 Å². The first kappa shape index (κ1) is 26.5. The van der Waals surface area contributed by atoms with Crippen LogP contribution < -0.4 is 6.15 Å². The van der Waals surface area contributed by atoms with Gasteiger partial charge in [-0.3, -0.25) is 14.6 Å². The van der Waals surface area contributed by atoms with E-state index in [1.165, 1.54) is 44.9 Å². The van der Waals surface area contributed by atoms with Crippen molar-refractivity contribution in [2.45, 2.75) is 96.8 Å². The van der Waals surface area contributed by atoms with Crippen molar-refractivity contribution in [3.63, 3.8) is 0 Å². The van der Waals surface area contributed by atoms with Gasteiger partial charge in [0.25, 0.3) is 0 Å². The molecule has 150 valence electrons. The minimum atomic E-state index is -4.67. The summed E-state index contributed by atoms with van der Waals surface area (Å²) in [5.41, 5.74) is 0. The second-order valence-electron chi connectivity index (χ2n) is 6.29. The van der Waals surface area contributed by atoms with Gasteiger partial charge in [0.2, 0.25) is 0 Å². The smallest absolute Gasteiger partial charge is 0.371 e. The largest absolute Gasteiger partial charge is 0.526 e. The third-order valence-corrected chi connectivity index (χ3v) is 4.30. The molecule has 0 saturated heterocycles. The van der Waals surface area contributed by atoms with Gasteiger partial charge in [0.15, 0.2) is 0 Å². The fourth-order valence-corrected chi connectivity index (χ4v) is 2.87. The molecule has 0 aliphatic carbocycles. The predicted molar refractivity (Wildman–Crippen MR) is 103 cm³/mol. The van der Waals surface area contributed by atoms with Crippen molar-refractivity contribution in [1.29, 1.82) is 0 Å². The lowest BCUT2D eigenvalue weighted by molar-refractivity contribution is -0.135. The Bertz CT molecular complexity index is 382. The van der Waals surface area contributed by atoms with Crippen molar-refractivity contribution in [2.24, 2.45) is 0 Å². The lowest BCUT2D eigenvalue weighted by Gasteiger charge is -2.04. The van der Waals surface area contributed by atoms with Gasteiger partial charge in [-0.2, -0.15) is 0 Å². The van der Waals surface area contributed by atoms with Gasteiger partial charge < -0.3 is 10.7 Å². The SMILES string of the molecule is CCCCCCCCC=CCCCCCCCC(=O)OP(=O)(O)O.N. The molecule has 0 atom stereocenters. The van der Waals surface area contributed by atoms with E-state index in [0.717, 1.165) is 32.1 Å². The highest BCUT2D eigenvalue weighted by molar-refractivity contribution is 7.46. The van der Waals surface area contributed by atoms with E-state index in [9.17, 15) is 9.36 Å². The zero-order valence-electron chi connectivity index (χ0n) is 15.8. The first-order valence-corrected chi connectivity index (χ1v) is 10.9. The number of rotatable bonds is 16. The van der Waals surface area contributed by atoms with Gasteiger partial charge in [0.05, 0.1) is 0 Å². The van der Waals surface area contributed by atoms with Crippen LogP contribution in [0.1, 0.15) is 96.8 Å². The minimum Gasteiger partial charge on any atom is -0.371 e. The second kappa shape index (κ2) is 18.1. The molecule has 25 heavy (non-hydrogen) atoms. The van der Waals surface area contributed by atoms with Gasteiger partial charge in [-0.05, 0) is 32.1 Å². The molecule has 0 bridgehead atoms. The number of hydrogen-bond donors (Lipinski definition) is 3. The summed E-state index contributed by atoms with van der Waals surface area (Å²) in [5, 5.41) is 0. The zero-order chi connectivity index (χ0) is 18.1. The summed E-state index contributed by atoms with van der Waals surface area (Å²) >= 11 is 0. The predicted octanol–water partition coefficient (Wildman–Crippen LogP) is 5.82. The third kappa shape index (κ3) is 23.3. The van der Waals surface area contributed by atoms with Crippen LogP contribution >= 0.6 is 7.82 Å². The normalized spacial score (nSPS) is 11.5. The zero-order valence-corrected chi connectivity index (χ0v) is 16.7. The Balaban J connectivity index is 0. The van der Waals surface area contributed by atoms with Crippen LogP contribution in [0.15, 0.2) is 12.2 Å². The summed E-state index contributed by atoms with van der Waals surface area (Å²) in [6, 6.07) is 0. The maximum atomic E-state index is 11.1. The van der Waals surface area contributed by atoms with Gasteiger partial charge in [-0.25, -0.2) is 4.57 Å². The fourth-order valence-electron chi connectivity index (χ4n) is 2.52. The van der Waals surface area contributed by atoms with E-state index in [0.29, 0.717) is 6.42 Å². The number of phosphoric ester groups is 1. The first-order valence-electron chi connectivity index (χ1n) is 9.38. The van der Waals surface area contributed by atoms with Crippen LogP contribution in [0.25, 0.3) is 0 Å². The molecule has 0 aliphatic heterocycles. The highest BCUT2D eigenvalue weighted by Gasteiger charge is 2.19. The summed E-state index contributed by atoms with van der Waals surface area (Å²) in [6.07, 6.45) is 19.8. The van der Waals surface area contributed by atoms with Gasteiger partial charge in [0.1, 0.15) is 0 Å². The summed E-state index contributed by atoms with van der Waals surface area (Å²) in [6.45, 7) is 2.24. The Morgan fingerprint density at radius 3 is 1.76 bits per heavy atom. The monoisotopic (exact) mass is 379 g/mol. The fraction of sp³-hybridized carbons (Fsp3) is 0.833. The van der Waals surface area contributed by atoms with Crippen molar-refractivity contribution in [1.82, 2.24) is 6.15 Å². The van der Waals surface area contributed by atoms with E-state index in [4.69, 9.17) is 9.79 Å². The van der Waals surface area contributed by atoms with Crippen LogP contribution in [-0.2, 0) is 13.9 Å². The summed E-state index contributed by atoms with van der Waals surface area (Å²) in [4.78, 5) is 28.0. The van der Waals surface area contributed by atoms with Crippen LogP contribution in [0, 0.1) is 0 Å². The number of allylic oxidation sites excluding steroid dienone is 2. The Morgan fingerprint density at radius 1 is 0.840 bits per heavy atom. The summed E-state index contributed by atoms with van der Waals surface area (Å²) in [7, 11) is -4.67. The van der Waals surface area contributed by atoms with Crippen molar-refractivity contribution < 1.29 is 23.7 Å². The molecule has 6 nitrogen and oxygen atoms in total. The van der Waals surface area contributed by atoms with Gasteiger partial charge >= 0.3 is 13.8 Å². The lowest BCUT2D eigenvalue weighted by atomic mass is 10.1. The van der Waals surface area contributed by atoms with Crippen LogP contribution in [0.3, 0.4) is 0 Å². The second-order valence-corrected chi connectivity index (χ2v) is 7.45. The van der Waals surface area contributed by atoms with Crippen LogP contribution in [0.4, 0.5) is 0 Å². The lowest BCUT2D eigenvalue weighted by Crippen LogP contribution is -2.01. The molecule has 0 aliphatic rings. The molecule has 7 heteroatoms. The Labute approximate surface area is 153 Å². The van der Waals surface area contributed by atoms with Crippen LogP contribution in [0.2, 0.25) is 0 Å². The number of unbranched alkanes of at least 4 members (excludes halogenated alkanes) is 11. The quantitative estimate of drug-likeness (QED) is 0.176. The standard InChI is InChI=1S/C18H35O5P.H3N/c1-2-3-4-5-6-7-8-9-10-11-12-13-14-15-16-17-18(19)23-24(20,21)22;/h9-10H,2-8,11-17H2,1H3,(H2,20,21,22);1H3. The van der Waals surface area contributed by atoms with E-state index >= 15 is 0 Å². The van der Waals surface area contributed by atoms with Crippen molar-refractivity contribution in [3.05, 3.63) is 12.2 Å². The summed E-state index contributed by atoms with van der Waals surface area (Å²) in [5.74, 6) is -0.819. The van der Waals surface area contributed by atoms with E-state index < -0.39 is 13.8 Å². The third-order valence-electron chi connectivity index (χ3n) is 3.86.